The summed E-state index contributed by atoms with van der Waals surface area (Å²) in [5.74, 6) is -1.14. The van der Waals surface area contributed by atoms with Crippen LogP contribution >= 0.6 is 0 Å². The quantitative estimate of drug-likeness (QED) is 0.0153. The fourth-order valence-electron chi connectivity index (χ4n) is 19.2. The Kier molecular flexibility index (Phi) is 118. The second kappa shape index (κ2) is 116. The minimum atomic E-state index is -1.25. The van der Waals surface area contributed by atoms with Crippen molar-refractivity contribution >= 4 is 11.8 Å². The van der Waals surface area contributed by atoms with E-state index in [9.17, 15) is 65.8 Å². The van der Waals surface area contributed by atoms with E-state index in [4.69, 9.17) is 0 Å². The van der Waals surface area contributed by atoms with Crippen molar-refractivity contribution in [1.29, 1.82) is 0 Å². The summed E-state index contributed by atoms with van der Waals surface area (Å²) in [7, 11) is 0. The minimum absolute atomic E-state index is 0.130. The zero-order valence-corrected chi connectivity index (χ0v) is 91.0. The maximum absolute atomic E-state index is 12.5. The monoisotopic (exact) mass is 1920 g/mol. The lowest BCUT2D eigenvalue weighted by molar-refractivity contribution is -0.133. The fourth-order valence-corrected chi connectivity index (χ4v) is 19.2. The van der Waals surface area contributed by atoms with Crippen molar-refractivity contribution in [3.63, 3.8) is 0 Å². The zero-order valence-electron chi connectivity index (χ0n) is 91.0. The van der Waals surface area contributed by atoms with Gasteiger partial charge in [-0.15, -0.1) is 0 Å². The Morgan fingerprint density at radius 3 is 0.593 bits per heavy atom. The molecule has 0 aromatic carbocycles. The Morgan fingerprint density at radius 1 is 0.200 bits per heavy atom. The molecule has 0 heterocycles. The van der Waals surface area contributed by atoms with Crippen LogP contribution in [0.1, 0.15) is 652 Å². The summed E-state index contributed by atoms with van der Waals surface area (Å²) >= 11 is 0. The first kappa shape index (κ1) is 137. The maximum atomic E-state index is 12.5. The Bertz CT molecular complexity index is 2260. The van der Waals surface area contributed by atoms with Crippen molar-refractivity contribution in [2.24, 2.45) is 0 Å². The van der Waals surface area contributed by atoms with Crippen LogP contribution in [0.5, 0.6) is 0 Å². The summed E-state index contributed by atoms with van der Waals surface area (Å²) < 4.78 is 0. The number of aliphatic hydroxyl groups excluding tert-OH is 11. The van der Waals surface area contributed by atoms with Crippen LogP contribution in [-0.4, -0.2) is 155 Å². The molecule has 0 rings (SSSR count). The third kappa shape index (κ3) is 105. The van der Waals surface area contributed by atoms with Gasteiger partial charge in [0.1, 0.15) is 24.5 Å². The third-order valence-electron chi connectivity index (χ3n) is 28.8. The largest absolute Gasteiger partial charge is 0.395 e. The van der Waals surface area contributed by atoms with Gasteiger partial charge in [0, 0.05) is 0 Å². The number of aliphatic hydroxyl groups is 11. The van der Waals surface area contributed by atoms with Crippen molar-refractivity contribution in [2.75, 3.05) is 19.8 Å². The normalized spacial score (nSPS) is 14.2. The highest BCUT2D eigenvalue weighted by Gasteiger charge is 2.30. The number of hydrogen-bond acceptors (Lipinski definition) is 14. The third-order valence-corrected chi connectivity index (χ3v) is 28.8. The lowest BCUT2D eigenvalue weighted by Gasteiger charge is -2.27. The predicted octanol–water partition coefficient (Wildman–Crippen LogP) is 31.4. The number of carbonyl (C=O) groups is 2. The van der Waals surface area contributed by atoms with E-state index in [-0.39, 0.29) is 6.61 Å². The topological polar surface area (TPSA) is 293 Å². The van der Waals surface area contributed by atoms with Gasteiger partial charge in [-0.25, -0.2) is 0 Å². The van der Waals surface area contributed by atoms with Crippen molar-refractivity contribution in [3.05, 3.63) is 12.2 Å². The molecule has 135 heavy (non-hydrogen) atoms. The van der Waals surface area contributed by atoms with Crippen LogP contribution in [0.2, 0.25) is 0 Å². The zero-order chi connectivity index (χ0) is 99.3. The summed E-state index contributed by atoms with van der Waals surface area (Å²) in [4.78, 5) is 24.9. The summed E-state index contributed by atoms with van der Waals surface area (Å²) in [6, 6.07) is -2.32. The first-order valence-electron chi connectivity index (χ1n) is 60.4. The summed E-state index contributed by atoms with van der Waals surface area (Å²) in [5, 5.41) is 120. The number of unbranched alkanes of at least 4 members (excludes halogenated alkanes) is 83. The van der Waals surface area contributed by atoms with Gasteiger partial charge in [0.2, 0.25) is 11.8 Å². The van der Waals surface area contributed by atoms with Gasteiger partial charge in [-0.1, -0.05) is 619 Å². The van der Waals surface area contributed by atoms with E-state index in [1.165, 1.54) is 481 Å². The molecule has 0 spiro atoms. The molecule has 0 aromatic rings. The highest BCUT2D eigenvalue weighted by atomic mass is 16.3. The van der Waals surface area contributed by atoms with Gasteiger partial charge in [-0.05, 0) is 44.9 Å². The first-order valence-corrected chi connectivity index (χ1v) is 60.4. The van der Waals surface area contributed by atoms with Crippen LogP contribution in [0.25, 0.3) is 0 Å². The van der Waals surface area contributed by atoms with Gasteiger partial charge in [0.25, 0.3) is 0 Å². The van der Waals surface area contributed by atoms with Crippen LogP contribution in [-0.2, 0) is 9.59 Å². The van der Waals surface area contributed by atoms with E-state index in [1.54, 1.807) is 6.08 Å². The first-order chi connectivity index (χ1) is 66.1. The van der Waals surface area contributed by atoms with Gasteiger partial charge in [0.05, 0.1) is 62.4 Å². The molecule has 0 bridgehead atoms. The van der Waals surface area contributed by atoms with E-state index in [2.05, 4.69) is 57.5 Å². The molecule has 0 fully saturated rings. The van der Waals surface area contributed by atoms with Crippen molar-refractivity contribution in [2.45, 2.75) is 719 Å². The summed E-state index contributed by atoms with van der Waals surface area (Å²) in [6.07, 6.45) is 114. The SMILES string of the molecule is CCCCCCCCCCCCCCCCCC(O)NC(CO)C(O)CCCCCCCCCCCCCC.CCCCCCCCCCCCCCCCCCCCCCC(O)C(=O)NC(CO)C(O)/C=C/C(O)CCCCCCCCCCCC.CCCCCCCCCCCCCCCCCCCCCCC(O)C(=O)NC(CO)C(O)C(O)CCCCCCCCCCCCCC. The molecule has 16 heteroatoms. The molecule has 11 atom stereocenters. The fraction of sp³-hybridized carbons (Fsp3) is 0.966. The number of amides is 2. The summed E-state index contributed by atoms with van der Waals surface area (Å²) in [6.45, 7) is 12.5. The Labute approximate surface area is 839 Å². The highest BCUT2D eigenvalue weighted by molar-refractivity contribution is 5.81. The smallest absolute Gasteiger partial charge is 0.249 e. The number of nitrogens with one attached hydrogen (secondary N) is 3. The Hall–Kier alpha value is -1.80. The summed E-state index contributed by atoms with van der Waals surface area (Å²) in [5.41, 5.74) is 0. The molecule has 810 valence electrons. The molecule has 0 aliphatic carbocycles. The second-order valence-electron chi connectivity index (χ2n) is 42.2. The van der Waals surface area contributed by atoms with Gasteiger partial charge in [-0.2, -0.15) is 0 Å². The number of carbonyl (C=O) groups excluding carboxylic acids is 2. The van der Waals surface area contributed by atoms with E-state index in [1.807, 2.05) is 0 Å². The molecule has 0 aromatic heterocycles. The van der Waals surface area contributed by atoms with Crippen LogP contribution in [0.4, 0.5) is 0 Å². The predicted molar refractivity (Wildman–Crippen MR) is 582 cm³/mol. The van der Waals surface area contributed by atoms with E-state index in [0.717, 1.165) is 96.3 Å². The van der Waals surface area contributed by atoms with Gasteiger partial charge in [-0.3, -0.25) is 14.9 Å². The van der Waals surface area contributed by atoms with Crippen LogP contribution in [0.3, 0.4) is 0 Å². The highest BCUT2D eigenvalue weighted by Crippen LogP contribution is 2.24. The van der Waals surface area contributed by atoms with Gasteiger partial charge in [0.15, 0.2) is 0 Å². The van der Waals surface area contributed by atoms with Crippen LogP contribution in [0, 0.1) is 0 Å². The molecule has 11 unspecified atom stereocenters. The van der Waals surface area contributed by atoms with Crippen molar-refractivity contribution in [1.82, 2.24) is 16.0 Å². The van der Waals surface area contributed by atoms with Crippen molar-refractivity contribution < 1.29 is 65.8 Å². The molecule has 0 saturated heterocycles. The number of hydrogen-bond donors (Lipinski definition) is 14. The minimum Gasteiger partial charge on any atom is -0.395 e. The molecule has 14 N–H and O–H groups in total. The molecule has 2 amide bonds. The lowest BCUT2D eigenvalue weighted by atomic mass is 9.99. The van der Waals surface area contributed by atoms with E-state index < -0.39 is 92.1 Å². The van der Waals surface area contributed by atoms with Crippen LogP contribution < -0.4 is 16.0 Å². The lowest BCUT2D eigenvalue weighted by Crippen LogP contribution is -2.53. The number of rotatable bonds is 110. The van der Waals surface area contributed by atoms with Gasteiger partial charge < -0.3 is 66.8 Å². The Morgan fingerprint density at radius 2 is 0.378 bits per heavy atom. The molecular weight excluding hydrogens is 1680 g/mol. The van der Waals surface area contributed by atoms with Crippen LogP contribution in [0.15, 0.2) is 12.2 Å². The van der Waals surface area contributed by atoms with E-state index >= 15 is 0 Å². The molecular formula is C119H241N3O13. The maximum Gasteiger partial charge on any atom is 0.249 e. The van der Waals surface area contributed by atoms with Crippen molar-refractivity contribution in [3.8, 4) is 0 Å². The van der Waals surface area contributed by atoms with Gasteiger partial charge >= 0.3 is 0 Å². The molecule has 0 radical (unpaired) electrons. The average molecular weight is 1920 g/mol. The molecule has 0 saturated carbocycles. The molecule has 0 aliphatic heterocycles. The molecule has 0 aliphatic rings. The second-order valence-corrected chi connectivity index (χ2v) is 42.2. The van der Waals surface area contributed by atoms with E-state index in [0.29, 0.717) is 38.5 Å². The average Bonchev–Trinajstić information content (AvgIpc) is 0.924. The standard InChI is InChI=1S/C42H83NO5.C42H85NO5.C35H73NO3/c1-3-5-7-9-11-13-15-16-17-18-19-20-21-22-23-24-26-28-30-32-34-41(47)42(48)43-39(37-44)40(46)36-35-38(45)33-31-29-27-25-14-12-10-8-6-4-2;1-3-5-7-9-11-13-15-17-18-19-20-21-22-23-24-26-28-30-32-34-36-40(46)42(48)43-38(37-44)41(47)39(45)35-33-31-29-27-25-16-14-12-10-8-6-4-2;1-3-5-7-9-11-13-15-17-18-19-21-23-25-27-29-31-35(39)36-33(32-37)34(38)30-28-26-24-22-20-16-14-12-10-8-6-4-2/h35-36,38-41,44-47H,3-34,37H2,1-2H3,(H,43,48);38-41,44-47H,3-37H2,1-2H3,(H,43,48);33-39H,3-32H2,1-2H3/b36-35+;;. The molecule has 16 nitrogen and oxygen atoms in total. The Balaban J connectivity index is -0.00000195.